The number of amides is 1. The fourth-order valence-electron chi connectivity index (χ4n) is 3.11. The first-order valence-corrected chi connectivity index (χ1v) is 10.4. The van der Waals surface area contributed by atoms with Crippen molar-refractivity contribution in [3.63, 3.8) is 0 Å². The lowest BCUT2D eigenvalue weighted by atomic mass is 10.2. The minimum Gasteiger partial charge on any atom is -0.481 e. The van der Waals surface area contributed by atoms with Crippen LogP contribution in [0.3, 0.4) is 0 Å². The van der Waals surface area contributed by atoms with Gasteiger partial charge in [0.05, 0.1) is 7.11 Å². The Kier molecular flexibility index (Phi) is 6.25. The molecule has 0 radical (unpaired) electrons. The van der Waals surface area contributed by atoms with E-state index in [1.54, 1.807) is 18.3 Å². The van der Waals surface area contributed by atoms with Gasteiger partial charge in [-0.05, 0) is 37.1 Å². The van der Waals surface area contributed by atoms with Crippen molar-refractivity contribution in [2.45, 2.75) is 30.7 Å². The number of piperidine rings is 1. The molecule has 1 aliphatic rings. The lowest BCUT2D eigenvalue weighted by Crippen LogP contribution is -2.36. The number of pyridine rings is 1. The van der Waals surface area contributed by atoms with Gasteiger partial charge in [0, 0.05) is 37.0 Å². The number of carbonyl (C=O) groups excluding carboxylic acids is 1. The summed E-state index contributed by atoms with van der Waals surface area (Å²) in [7, 11) is -2.50. The average Bonchev–Trinajstić information content (AvgIpc) is 2.73. The van der Waals surface area contributed by atoms with Crippen LogP contribution < -0.4 is 10.1 Å². The van der Waals surface area contributed by atoms with Gasteiger partial charge in [0.1, 0.15) is 10.7 Å². The van der Waals surface area contributed by atoms with Crippen molar-refractivity contribution >= 4 is 15.9 Å². The van der Waals surface area contributed by atoms with Crippen molar-refractivity contribution in [3.8, 4) is 5.88 Å². The van der Waals surface area contributed by atoms with Gasteiger partial charge in [-0.3, -0.25) is 4.79 Å². The molecule has 1 aromatic carbocycles. The number of carbonyl (C=O) groups is 1. The highest BCUT2D eigenvalue weighted by Gasteiger charge is 2.29. The van der Waals surface area contributed by atoms with Gasteiger partial charge >= 0.3 is 0 Å². The van der Waals surface area contributed by atoms with Crippen LogP contribution in [0.4, 0.5) is 4.39 Å². The molecule has 1 saturated heterocycles. The zero-order valence-electron chi connectivity index (χ0n) is 15.5. The second-order valence-electron chi connectivity index (χ2n) is 6.46. The number of halogens is 1. The molecule has 1 aliphatic heterocycles. The van der Waals surface area contributed by atoms with E-state index < -0.39 is 26.6 Å². The first-order chi connectivity index (χ1) is 13.4. The van der Waals surface area contributed by atoms with Gasteiger partial charge in [-0.2, -0.15) is 4.31 Å². The van der Waals surface area contributed by atoms with Crippen LogP contribution in [0.15, 0.2) is 41.4 Å². The maximum absolute atomic E-state index is 14.3. The van der Waals surface area contributed by atoms with Crippen LogP contribution >= 0.6 is 0 Å². The molecule has 150 valence electrons. The Hall–Kier alpha value is -2.52. The third-order valence-electron chi connectivity index (χ3n) is 4.61. The van der Waals surface area contributed by atoms with E-state index in [1.807, 2.05) is 0 Å². The van der Waals surface area contributed by atoms with E-state index in [4.69, 9.17) is 4.74 Å². The zero-order valence-corrected chi connectivity index (χ0v) is 16.3. The highest BCUT2D eigenvalue weighted by Crippen LogP contribution is 2.24. The largest absolute Gasteiger partial charge is 0.481 e. The van der Waals surface area contributed by atoms with Gasteiger partial charge in [0.15, 0.2) is 0 Å². The summed E-state index contributed by atoms with van der Waals surface area (Å²) in [5.41, 5.74) is 0.737. The first-order valence-electron chi connectivity index (χ1n) is 8.99. The molecule has 9 heteroatoms. The number of ether oxygens (including phenoxy) is 1. The molecule has 0 unspecified atom stereocenters. The molecule has 2 heterocycles. The second kappa shape index (κ2) is 8.66. The summed E-state index contributed by atoms with van der Waals surface area (Å²) in [6.45, 7) is 0.861. The minimum atomic E-state index is -3.98. The fourth-order valence-corrected chi connectivity index (χ4v) is 4.71. The summed E-state index contributed by atoms with van der Waals surface area (Å²) >= 11 is 0. The molecule has 0 aliphatic carbocycles. The van der Waals surface area contributed by atoms with Gasteiger partial charge in [-0.25, -0.2) is 17.8 Å². The van der Waals surface area contributed by atoms with Gasteiger partial charge < -0.3 is 10.1 Å². The molecule has 7 nitrogen and oxygen atoms in total. The maximum atomic E-state index is 14.3. The predicted molar refractivity (Wildman–Crippen MR) is 101 cm³/mol. The van der Waals surface area contributed by atoms with E-state index in [-0.39, 0.29) is 12.1 Å². The topological polar surface area (TPSA) is 88.6 Å². The van der Waals surface area contributed by atoms with E-state index in [2.05, 4.69) is 10.3 Å². The first kappa shape index (κ1) is 20.2. The van der Waals surface area contributed by atoms with E-state index in [9.17, 15) is 17.6 Å². The lowest BCUT2D eigenvalue weighted by molar-refractivity contribution is 0.0950. The van der Waals surface area contributed by atoms with Gasteiger partial charge in [0.2, 0.25) is 15.9 Å². The molecule has 0 spiro atoms. The molecule has 1 aromatic heterocycles. The van der Waals surface area contributed by atoms with Crippen LogP contribution in [0.1, 0.15) is 35.2 Å². The number of hydrogen-bond donors (Lipinski definition) is 1. The van der Waals surface area contributed by atoms with Crippen LogP contribution in [0.2, 0.25) is 0 Å². The Morgan fingerprint density at radius 1 is 1.25 bits per heavy atom. The number of sulfonamides is 1. The van der Waals surface area contributed by atoms with E-state index >= 15 is 0 Å². The van der Waals surface area contributed by atoms with Crippen molar-refractivity contribution in [1.29, 1.82) is 0 Å². The van der Waals surface area contributed by atoms with E-state index in [0.29, 0.717) is 24.5 Å². The van der Waals surface area contributed by atoms with Crippen molar-refractivity contribution in [2.24, 2.45) is 0 Å². The van der Waals surface area contributed by atoms with E-state index in [0.717, 1.165) is 31.4 Å². The Bertz CT molecular complexity index is 959. The molecule has 0 bridgehead atoms. The summed E-state index contributed by atoms with van der Waals surface area (Å²) < 4.78 is 46.2. The number of nitrogens with zero attached hydrogens (tertiary/aromatic N) is 2. The third-order valence-corrected chi connectivity index (χ3v) is 6.52. The number of aromatic nitrogens is 1. The number of methoxy groups -OCH3 is 1. The number of nitrogens with one attached hydrogen (secondary N) is 1. The lowest BCUT2D eigenvalue weighted by Gasteiger charge is -2.26. The summed E-state index contributed by atoms with van der Waals surface area (Å²) in [5.74, 6) is -0.993. The maximum Gasteiger partial charge on any atom is 0.251 e. The molecule has 0 saturated carbocycles. The fraction of sp³-hybridized carbons (Fsp3) is 0.368. The SMILES string of the molecule is COc1ncccc1CNC(=O)c1ccc(F)c(S(=O)(=O)N2CCCCC2)c1. The summed E-state index contributed by atoms with van der Waals surface area (Å²) in [5, 5.41) is 2.68. The molecule has 3 rings (SSSR count). The van der Waals surface area contributed by atoms with Crippen LogP contribution in [0.5, 0.6) is 5.88 Å². The van der Waals surface area contributed by atoms with Crippen LogP contribution in [0.25, 0.3) is 0 Å². The Morgan fingerprint density at radius 3 is 2.71 bits per heavy atom. The highest BCUT2D eigenvalue weighted by molar-refractivity contribution is 7.89. The molecular weight excluding hydrogens is 385 g/mol. The normalized spacial score (nSPS) is 15.2. The van der Waals surface area contributed by atoms with Crippen molar-refractivity contribution in [1.82, 2.24) is 14.6 Å². The van der Waals surface area contributed by atoms with Gasteiger partial charge in [-0.1, -0.05) is 12.5 Å². The molecular formula is C19H22FN3O4S. The van der Waals surface area contributed by atoms with Crippen LogP contribution in [-0.2, 0) is 16.6 Å². The number of benzene rings is 1. The Balaban J connectivity index is 1.79. The number of rotatable bonds is 6. The summed E-state index contributed by atoms with van der Waals surface area (Å²) in [6, 6.07) is 6.83. The number of hydrogen-bond acceptors (Lipinski definition) is 5. The Labute approximate surface area is 163 Å². The van der Waals surface area contributed by atoms with Crippen molar-refractivity contribution in [2.75, 3.05) is 20.2 Å². The molecule has 0 atom stereocenters. The Morgan fingerprint density at radius 2 is 2.00 bits per heavy atom. The second-order valence-corrected chi connectivity index (χ2v) is 8.37. The molecule has 28 heavy (non-hydrogen) atoms. The quantitative estimate of drug-likeness (QED) is 0.794. The summed E-state index contributed by atoms with van der Waals surface area (Å²) in [6.07, 6.45) is 4.01. The molecule has 1 amide bonds. The third kappa shape index (κ3) is 4.31. The van der Waals surface area contributed by atoms with Crippen LogP contribution in [0, 0.1) is 5.82 Å². The van der Waals surface area contributed by atoms with Gasteiger partial charge in [0.25, 0.3) is 5.91 Å². The standard InChI is InChI=1S/C19H22FN3O4S/c1-27-19-15(6-5-9-21-19)13-22-18(24)14-7-8-16(20)17(12-14)28(25,26)23-10-3-2-4-11-23/h5-9,12H,2-4,10-11,13H2,1H3,(H,22,24). The van der Waals surface area contributed by atoms with Crippen molar-refractivity contribution < 1.29 is 22.3 Å². The van der Waals surface area contributed by atoms with Crippen molar-refractivity contribution in [3.05, 3.63) is 53.5 Å². The zero-order chi connectivity index (χ0) is 20.1. The monoisotopic (exact) mass is 407 g/mol. The average molecular weight is 407 g/mol. The minimum absolute atomic E-state index is 0.0693. The van der Waals surface area contributed by atoms with Gasteiger partial charge in [-0.15, -0.1) is 0 Å². The smallest absolute Gasteiger partial charge is 0.251 e. The molecule has 2 aromatic rings. The van der Waals surface area contributed by atoms with E-state index in [1.165, 1.54) is 17.5 Å². The molecule has 1 fully saturated rings. The molecule has 1 N–H and O–H groups in total. The summed E-state index contributed by atoms with van der Waals surface area (Å²) in [4.78, 5) is 16.1. The highest BCUT2D eigenvalue weighted by atomic mass is 32.2. The van der Waals surface area contributed by atoms with Crippen LogP contribution in [-0.4, -0.2) is 43.8 Å². The predicted octanol–water partition coefficient (Wildman–Crippen LogP) is 2.33.